The Bertz CT molecular complexity index is 479. The van der Waals surface area contributed by atoms with Crippen molar-refractivity contribution in [1.82, 2.24) is 4.90 Å². The molecule has 1 aromatic rings. The summed E-state index contributed by atoms with van der Waals surface area (Å²) >= 11 is 0. The van der Waals surface area contributed by atoms with Gasteiger partial charge in [0.05, 0.1) is 0 Å². The SMILES string of the molecule is CC(C)c1ccc(CN2C(=O)CCC2C(=O)O)cc1. The normalized spacial score (nSPS) is 19.2. The van der Waals surface area contributed by atoms with Crippen LogP contribution in [0.1, 0.15) is 43.7 Å². The van der Waals surface area contributed by atoms with Crippen LogP contribution in [0, 0.1) is 0 Å². The number of hydrogen-bond donors (Lipinski definition) is 1. The van der Waals surface area contributed by atoms with E-state index in [1.54, 1.807) is 0 Å². The minimum Gasteiger partial charge on any atom is -0.480 e. The summed E-state index contributed by atoms with van der Waals surface area (Å²) in [6.45, 7) is 4.63. The van der Waals surface area contributed by atoms with E-state index in [0.717, 1.165) is 5.56 Å². The topological polar surface area (TPSA) is 57.6 Å². The van der Waals surface area contributed by atoms with Gasteiger partial charge in [-0.2, -0.15) is 0 Å². The number of hydrogen-bond acceptors (Lipinski definition) is 2. The van der Waals surface area contributed by atoms with E-state index < -0.39 is 12.0 Å². The summed E-state index contributed by atoms with van der Waals surface area (Å²) < 4.78 is 0. The summed E-state index contributed by atoms with van der Waals surface area (Å²) in [6.07, 6.45) is 0.749. The van der Waals surface area contributed by atoms with Gasteiger partial charge in [0.15, 0.2) is 0 Å². The maximum Gasteiger partial charge on any atom is 0.326 e. The fourth-order valence-corrected chi connectivity index (χ4v) is 2.39. The molecule has 0 bridgehead atoms. The summed E-state index contributed by atoms with van der Waals surface area (Å²) in [5.41, 5.74) is 2.22. The molecule has 0 radical (unpaired) electrons. The highest BCUT2D eigenvalue weighted by molar-refractivity contribution is 5.87. The van der Waals surface area contributed by atoms with Crippen molar-refractivity contribution in [3.63, 3.8) is 0 Å². The van der Waals surface area contributed by atoms with Gasteiger partial charge in [0, 0.05) is 13.0 Å². The molecule has 0 spiro atoms. The lowest BCUT2D eigenvalue weighted by Crippen LogP contribution is -2.37. The third-order valence-electron chi connectivity index (χ3n) is 3.61. The predicted molar refractivity (Wildman–Crippen MR) is 71.7 cm³/mol. The van der Waals surface area contributed by atoms with Crippen LogP contribution >= 0.6 is 0 Å². The van der Waals surface area contributed by atoms with E-state index >= 15 is 0 Å². The van der Waals surface area contributed by atoms with Gasteiger partial charge in [-0.05, 0) is 23.5 Å². The van der Waals surface area contributed by atoms with Gasteiger partial charge in [-0.15, -0.1) is 0 Å². The summed E-state index contributed by atoms with van der Waals surface area (Å²) in [5.74, 6) is -0.515. The van der Waals surface area contributed by atoms with Gasteiger partial charge < -0.3 is 10.0 Å². The number of benzene rings is 1. The van der Waals surface area contributed by atoms with Crippen LogP contribution in [0.2, 0.25) is 0 Å². The first-order valence-electron chi connectivity index (χ1n) is 6.60. The molecule has 0 saturated carbocycles. The van der Waals surface area contributed by atoms with Gasteiger partial charge >= 0.3 is 5.97 Å². The van der Waals surface area contributed by atoms with Crippen molar-refractivity contribution in [2.75, 3.05) is 0 Å². The number of nitrogens with zero attached hydrogens (tertiary/aromatic N) is 1. The van der Waals surface area contributed by atoms with E-state index in [9.17, 15) is 9.59 Å². The lowest BCUT2D eigenvalue weighted by atomic mass is 10.0. The number of aliphatic carboxylic acids is 1. The zero-order chi connectivity index (χ0) is 14.0. The van der Waals surface area contributed by atoms with Crippen LogP contribution in [-0.2, 0) is 16.1 Å². The Morgan fingerprint density at radius 3 is 2.53 bits per heavy atom. The van der Waals surface area contributed by atoms with Crippen molar-refractivity contribution < 1.29 is 14.7 Å². The Hall–Kier alpha value is -1.84. The Kier molecular flexibility index (Phi) is 3.88. The number of carbonyl (C=O) groups is 2. The second-order valence-corrected chi connectivity index (χ2v) is 5.31. The van der Waals surface area contributed by atoms with Gasteiger partial charge in [-0.1, -0.05) is 38.1 Å². The molecule has 19 heavy (non-hydrogen) atoms. The van der Waals surface area contributed by atoms with E-state index in [1.165, 1.54) is 10.5 Å². The first-order chi connectivity index (χ1) is 8.99. The molecule has 1 aliphatic heterocycles. The molecule has 1 saturated heterocycles. The highest BCUT2D eigenvalue weighted by Gasteiger charge is 2.35. The van der Waals surface area contributed by atoms with Crippen molar-refractivity contribution in [2.24, 2.45) is 0 Å². The number of carboxylic acids is 1. The molecular formula is C15H19NO3. The van der Waals surface area contributed by atoms with Crippen LogP contribution in [0.15, 0.2) is 24.3 Å². The van der Waals surface area contributed by atoms with E-state index in [2.05, 4.69) is 13.8 Å². The van der Waals surface area contributed by atoms with Crippen LogP contribution in [0.25, 0.3) is 0 Å². The number of rotatable bonds is 4. The Morgan fingerprint density at radius 1 is 1.37 bits per heavy atom. The van der Waals surface area contributed by atoms with Crippen LogP contribution in [0.3, 0.4) is 0 Å². The van der Waals surface area contributed by atoms with E-state index in [1.807, 2.05) is 24.3 Å². The van der Waals surface area contributed by atoms with Crippen molar-refractivity contribution in [2.45, 2.75) is 45.2 Å². The molecule has 1 fully saturated rings. The average molecular weight is 261 g/mol. The Balaban J connectivity index is 2.11. The molecule has 1 amide bonds. The highest BCUT2D eigenvalue weighted by Crippen LogP contribution is 2.22. The first-order valence-corrected chi connectivity index (χ1v) is 6.60. The monoisotopic (exact) mass is 261 g/mol. The minimum absolute atomic E-state index is 0.0691. The maximum absolute atomic E-state index is 11.7. The third kappa shape index (κ3) is 2.95. The molecule has 1 N–H and O–H groups in total. The smallest absolute Gasteiger partial charge is 0.326 e. The lowest BCUT2D eigenvalue weighted by Gasteiger charge is -2.21. The lowest BCUT2D eigenvalue weighted by molar-refractivity contribution is -0.146. The van der Waals surface area contributed by atoms with Crippen molar-refractivity contribution in [1.29, 1.82) is 0 Å². The quantitative estimate of drug-likeness (QED) is 0.905. The molecule has 4 nitrogen and oxygen atoms in total. The minimum atomic E-state index is -0.912. The van der Waals surface area contributed by atoms with Gasteiger partial charge in [0.2, 0.25) is 5.91 Å². The van der Waals surface area contributed by atoms with Gasteiger partial charge in [-0.3, -0.25) is 4.79 Å². The molecule has 1 aromatic carbocycles. The van der Waals surface area contributed by atoms with E-state index in [-0.39, 0.29) is 5.91 Å². The van der Waals surface area contributed by atoms with Crippen LogP contribution < -0.4 is 0 Å². The molecule has 102 valence electrons. The fraction of sp³-hybridized carbons (Fsp3) is 0.467. The van der Waals surface area contributed by atoms with Crippen molar-refractivity contribution in [3.05, 3.63) is 35.4 Å². The van der Waals surface area contributed by atoms with Crippen LogP contribution in [-0.4, -0.2) is 27.9 Å². The van der Waals surface area contributed by atoms with E-state index in [4.69, 9.17) is 5.11 Å². The number of amides is 1. The molecule has 1 heterocycles. The molecule has 4 heteroatoms. The first kappa shape index (κ1) is 13.6. The zero-order valence-corrected chi connectivity index (χ0v) is 11.3. The second-order valence-electron chi connectivity index (χ2n) is 5.31. The summed E-state index contributed by atoms with van der Waals surface area (Å²) in [6, 6.07) is 7.35. The van der Waals surface area contributed by atoms with Crippen molar-refractivity contribution in [3.8, 4) is 0 Å². The third-order valence-corrected chi connectivity index (χ3v) is 3.61. The highest BCUT2D eigenvalue weighted by atomic mass is 16.4. The molecule has 1 atom stereocenters. The average Bonchev–Trinajstić information content (AvgIpc) is 2.72. The molecular weight excluding hydrogens is 242 g/mol. The number of carbonyl (C=O) groups excluding carboxylic acids is 1. The van der Waals surface area contributed by atoms with Crippen molar-refractivity contribution >= 4 is 11.9 Å². The number of carboxylic acid groups (broad SMARTS) is 1. The molecule has 1 unspecified atom stereocenters. The maximum atomic E-state index is 11.7. The summed E-state index contributed by atoms with van der Waals surface area (Å²) in [5, 5.41) is 9.10. The second kappa shape index (κ2) is 5.43. The number of likely N-dealkylation sites (tertiary alicyclic amines) is 1. The molecule has 2 rings (SSSR count). The zero-order valence-electron chi connectivity index (χ0n) is 11.3. The Labute approximate surface area is 113 Å². The van der Waals surface area contributed by atoms with Gasteiger partial charge in [0.1, 0.15) is 6.04 Å². The standard InChI is InChI=1S/C15H19NO3/c1-10(2)12-5-3-11(4-6-12)9-16-13(15(18)19)7-8-14(16)17/h3-6,10,13H,7-9H2,1-2H3,(H,18,19). The van der Waals surface area contributed by atoms with Crippen LogP contribution in [0.4, 0.5) is 0 Å². The van der Waals surface area contributed by atoms with E-state index in [0.29, 0.717) is 25.3 Å². The predicted octanol–water partition coefficient (Wildman–Crippen LogP) is 2.39. The molecule has 0 aromatic heterocycles. The summed E-state index contributed by atoms with van der Waals surface area (Å²) in [7, 11) is 0. The Morgan fingerprint density at radius 2 is 2.00 bits per heavy atom. The van der Waals surface area contributed by atoms with Crippen LogP contribution in [0.5, 0.6) is 0 Å². The van der Waals surface area contributed by atoms with Gasteiger partial charge in [-0.25, -0.2) is 4.79 Å². The fourth-order valence-electron chi connectivity index (χ4n) is 2.39. The largest absolute Gasteiger partial charge is 0.480 e. The summed E-state index contributed by atoms with van der Waals surface area (Å²) in [4.78, 5) is 24.3. The van der Waals surface area contributed by atoms with Gasteiger partial charge in [0.25, 0.3) is 0 Å². The molecule has 1 aliphatic rings. The molecule has 0 aliphatic carbocycles.